The summed E-state index contributed by atoms with van der Waals surface area (Å²) >= 11 is 0. The van der Waals surface area contributed by atoms with E-state index in [0.717, 1.165) is 12.0 Å². The molecule has 0 aliphatic carbocycles. The lowest BCUT2D eigenvalue weighted by atomic mass is 10.1. The smallest absolute Gasteiger partial charge is 0.252 e. The lowest BCUT2D eigenvalue weighted by molar-refractivity contribution is 0.0953. The quantitative estimate of drug-likeness (QED) is 0.744. The molecule has 0 saturated heterocycles. The van der Waals surface area contributed by atoms with Gasteiger partial charge in [-0.05, 0) is 18.6 Å². The van der Waals surface area contributed by atoms with E-state index in [-0.39, 0.29) is 5.91 Å². The van der Waals surface area contributed by atoms with Crippen molar-refractivity contribution in [3.63, 3.8) is 0 Å². The summed E-state index contributed by atoms with van der Waals surface area (Å²) in [6, 6.07) is 7.28. The van der Waals surface area contributed by atoms with Crippen molar-refractivity contribution in [1.29, 1.82) is 0 Å². The summed E-state index contributed by atoms with van der Waals surface area (Å²) in [6.07, 6.45) is 0.919. The number of rotatable bonds is 3. The molecule has 0 atom stereocenters. The normalized spacial score (nSPS) is 9.12. The number of nitrogens with two attached hydrogens (primary N) is 1. The number of hydrogen-bond donors (Lipinski definition) is 2. The number of amides is 1. The van der Waals surface area contributed by atoms with Gasteiger partial charge in [0.25, 0.3) is 5.91 Å². The van der Waals surface area contributed by atoms with Crippen LogP contribution in [-0.4, -0.2) is 19.0 Å². The summed E-state index contributed by atoms with van der Waals surface area (Å²) in [5.41, 5.74) is 6.64. The van der Waals surface area contributed by atoms with Gasteiger partial charge in [-0.2, -0.15) is 0 Å². The number of carbonyl (C=O) groups excluding carboxylic acids is 1. The molecule has 3 N–H and O–H groups in total. The predicted octanol–water partition coefficient (Wildman–Crippen LogP) is 1.14. The second kappa shape index (κ2) is 6.65. The molecule has 1 aromatic carbocycles. The minimum atomic E-state index is -0.0798. The van der Waals surface area contributed by atoms with Gasteiger partial charge in [0, 0.05) is 12.1 Å². The Balaban J connectivity index is 2.89. The highest BCUT2D eigenvalue weighted by Crippen LogP contribution is 2.06. The molecule has 0 radical (unpaired) electrons. The van der Waals surface area contributed by atoms with Crippen molar-refractivity contribution in [2.75, 3.05) is 13.1 Å². The molecule has 1 rings (SSSR count). The van der Waals surface area contributed by atoms with Gasteiger partial charge in [-0.1, -0.05) is 30.9 Å². The molecule has 0 spiro atoms. The highest BCUT2D eigenvalue weighted by Gasteiger charge is 2.07. The Bertz CT molecular complexity index is 415. The summed E-state index contributed by atoms with van der Waals surface area (Å²) < 4.78 is 0. The topological polar surface area (TPSA) is 55.1 Å². The number of carbonyl (C=O) groups is 1. The zero-order valence-electron chi connectivity index (χ0n) is 9.42. The fourth-order valence-electron chi connectivity index (χ4n) is 1.27. The molecule has 0 aliphatic rings. The summed E-state index contributed by atoms with van der Waals surface area (Å²) in [4.78, 5) is 11.8. The zero-order chi connectivity index (χ0) is 11.8. The molecule has 16 heavy (non-hydrogen) atoms. The van der Waals surface area contributed by atoms with Crippen LogP contribution in [0.2, 0.25) is 0 Å². The molecule has 0 saturated carbocycles. The van der Waals surface area contributed by atoms with Crippen molar-refractivity contribution in [2.45, 2.75) is 13.3 Å². The van der Waals surface area contributed by atoms with Crippen molar-refractivity contribution in [1.82, 2.24) is 5.32 Å². The van der Waals surface area contributed by atoms with E-state index >= 15 is 0 Å². The summed E-state index contributed by atoms with van der Waals surface area (Å²) in [5, 5.41) is 2.83. The van der Waals surface area contributed by atoms with Crippen LogP contribution in [0.3, 0.4) is 0 Å². The Labute approximate surface area is 96.0 Å². The van der Waals surface area contributed by atoms with Crippen LogP contribution in [0.1, 0.15) is 29.3 Å². The van der Waals surface area contributed by atoms with Crippen LogP contribution in [0.25, 0.3) is 0 Å². The zero-order valence-corrected chi connectivity index (χ0v) is 9.42. The van der Waals surface area contributed by atoms with Crippen LogP contribution < -0.4 is 11.1 Å². The minimum absolute atomic E-state index is 0.0798. The van der Waals surface area contributed by atoms with Gasteiger partial charge < -0.3 is 11.1 Å². The van der Waals surface area contributed by atoms with Crippen LogP contribution >= 0.6 is 0 Å². The van der Waals surface area contributed by atoms with Crippen LogP contribution in [0, 0.1) is 11.8 Å². The molecule has 1 amide bonds. The summed E-state index contributed by atoms with van der Waals surface area (Å²) in [7, 11) is 0. The largest absolute Gasteiger partial charge is 0.352 e. The third-order valence-corrected chi connectivity index (χ3v) is 2.03. The van der Waals surface area contributed by atoms with Crippen LogP contribution in [-0.2, 0) is 0 Å². The maximum absolute atomic E-state index is 11.8. The van der Waals surface area contributed by atoms with Crippen molar-refractivity contribution in [2.24, 2.45) is 5.73 Å². The Hall–Kier alpha value is -1.79. The molecular weight excluding hydrogens is 200 g/mol. The first kappa shape index (κ1) is 12.3. The number of hydrogen-bond acceptors (Lipinski definition) is 2. The average Bonchev–Trinajstić information content (AvgIpc) is 2.33. The average molecular weight is 216 g/mol. The van der Waals surface area contributed by atoms with Gasteiger partial charge in [-0.25, -0.2) is 0 Å². The molecule has 3 heteroatoms. The highest BCUT2D eigenvalue weighted by molar-refractivity contribution is 5.96. The molecule has 3 nitrogen and oxygen atoms in total. The molecule has 0 fully saturated rings. The first-order valence-corrected chi connectivity index (χ1v) is 5.35. The van der Waals surface area contributed by atoms with E-state index in [9.17, 15) is 4.79 Å². The Morgan fingerprint density at radius 2 is 2.19 bits per heavy atom. The minimum Gasteiger partial charge on any atom is -0.352 e. The number of benzene rings is 1. The van der Waals surface area contributed by atoms with Crippen molar-refractivity contribution >= 4 is 5.91 Å². The van der Waals surface area contributed by atoms with E-state index in [1.807, 2.05) is 25.1 Å². The van der Waals surface area contributed by atoms with Crippen LogP contribution in [0.4, 0.5) is 0 Å². The van der Waals surface area contributed by atoms with Gasteiger partial charge in [0.2, 0.25) is 0 Å². The lowest BCUT2D eigenvalue weighted by Crippen LogP contribution is -2.24. The Kier molecular flexibility index (Phi) is 5.10. The molecule has 0 aromatic heterocycles. The van der Waals surface area contributed by atoms with E-state index in [1.54, 1.807) is 6.07 Å². The van der Waals surface area contributed by atoms with E-state index in [0.29, 0.717) is 18.7 Å². The summed E-state index contributed by atoms with van der Waals surface area (Å²) in [6.45, 7) is 2.99. The fourth-order valence-corrected chi connectivity index (χ4v) is 1.27. The Morgan fingerprint density at radius 1 is 1.44 bits per heavy atom. The number of nitrogens with one attached hydrogen (secondary N) is 1. The fraction of sp³-hybridized carbons (Fsp3) is 0.308. The van der Waals surface area contributed by atoms with Gasteiger partial charge in [-0.3, -0.25) is 4.79 Å². The molecule has 1 aromatic rings. The molecule has 84 valence electrons. The van der Waals surface area contributed by atoms with Crippen LogP contribution in [0.5, 0.6) is 0 Å². The van der Waals surface area contributed by atoms with Gasteiger partial charge in [-0.15, -0.1) is 0 Å². The van der Waals surface area contributed by atoms with Gasteiger partial charge in [0.15, 0.2) is 0 Å². The predicted molar refractivity (Wildman–Crippen MR) is 65.0 cm³/mol. The van der Waals surface area contributed by atoms with E-state index < -0.39 is 0 Å². The second-order valence-electron chi connectivity index (χ2n) is 3.31. The monoisotopic (exact) mass is 216 g/mol. The molecule has 0 bridgehead atoms. The molecular formula is C13H16N2O. The first-order valence-electron chi connectivity index (χ1n) is 5.35. The van der Waals surface area contributed by atoms with E-state index in [2.05, 4.69) is 17.2 Å². The van der Waals surface area contributed by atoms with Gasteiger partial charge in [0.1, 0.15) is 0 Å². The molecule has 0 heterocycles. The van der Waals surface area contributed by atoms with Gasteiger partial charge >= 0.3 is 0 Å². The Morgan fingerprint density at radius 3 is 2.88 bits per heavy atom. The van der Waals surface area contributed by atoms with E-state index in [1.165, 1.54) is 0 Å². The van der Waals surface area contributed by atoms with Crippen molar-refractivity contribution in [3.8, 4) is 11.8 Å². The SMILES string of the molecule is CCCNC(=O)c1ccccc1C#CCN. The van der Waals surface area contributed by atoms with Crippen molar-refractivity contribution in [3.05, 3.63) is 35.4 Å². The standard InChI is InChI=1S/C13H16N2O/c1-2-10-15-13(16)12-8-4-3-6-11(12)7-5-9-14/h3-4,6,8H,2,9-10,14H2,1H3,(H,15,16). The molecule has 0 aliphatic heterocycles. The van der Waals surface area contributed by atoms with Gasteiger partial charge in [0.05, 0.1) is 12.1 Å². The second-order valence-corrected chi connectivity index (χ2v) is 3.31. The molecule has 0 unspecified atom stereocenters. The third-order valence-electron chi connectivity index (χ3n) is 2.03. The van der Waals surface area contributed by atoms with E-state index in [4.69, 9.17) is 5.73 Å². The third kappa shape index (κ3) is 3.41. The maximum atomic E-state index is 11.8. The highest BCUT2D eigenvalue weighted by atomic mass is 16.1. The maximum Gasteiger partial charge on any atom is 0.252 e. The van der Waals surface area contributed by atoms with Crippen LogP contribution in [0.15, 0.2) is 24.3 Å². The summed E-state index contributed by atoms with van der Waals surface area (Å²) in [5.74, 6) is 5.57. The lowest BCUT2D eigenvalue weighted by Gasteiger charge is -2.05. The van der Waals surface area contributed by atoms with Crippen molar-refractivity contribution < 1.29 is 4.79 Å². The first-order chi connectivity index (χ1) is 7.79.